The Kier molecular flexibility index (Phi) is 5.29. The van der Waals surface area contributed by atoms with Gasteiger partial charge in [0.15, 0.2) is 9.84 Å². The molecule has 4 heteroatoms. The van der Waals surface area contributed by atoms with Crippen LogP contribution in [0.15, 0.2) is 0 Å². The largest absolute Gasteiger partial charge is 0.313 e. The van der Waals surface area contributed by atoms with Crippen molar-refractivity contribution in [2.45, 2.75) is 58.4 Å². The molecule has 0 spiro atoms. The molecular formula is C15H29NO2S. The molecule has 0 amide bonds. The lowest BCUT2D eigenvalue weighted by atomic mass is 9.74. The van der Waals surface area contributed by atoms with E-state index in [1.54, 1.807) is 0 Å². The monoisotopic (exact) mass is 287 g/mol. The minimum Gasteiger partial charge on any atom is -0.313 e. The number of rotatable bonds is 5. The molecule has 1 saturated carbocycles. The van der Waals surface area contributed by atoms with E-state index in [0.29, 0.717) is 29.4 Å². The van der Waals surface area contributed by atoms with Crippen molar-refractivity contribution in [3.8, 4) is 0 Å². The molecule has 1 heterocycles. The Morgan fingerprint density at radius 2 is 2.00 bits per heavy atom. The molecule has 1 aliphatic heterocycles. The summed E-state index contributed by atoms with van der Waals surface area (Å²) in [5.41, 5.74) is 0. The van der Waals surface area contributed by atoms with Gasteiger partial charge in [0.25, 0.3) is 0 Å². The highest BCUT2D eigenvalue weighted by atomic mass is 32.2. The van der Waals surface area contributed by atoms with Gasteiger partial charge in [-0.25, -0.2) is 8.42 Å². The van der Waals surface area contributed by atoms with Gasteiger partial charge in [0.1, 0.15) is 0 Å². The second-order valence-corrected chi connectivity index (χ2v) is 8.90. The Hall–Kier alpha value is -0.0900. The summed E-state index contributed by atoms with van der Waals surface area (Å²) in [5.74, 6) is 2.67. The number of hydrogen-bond acceptors (Lipinski definition) is 3. The van der Waals surface area contributed by atoms with Crippen molar-refractivity contribution in [1.82, 2.24) is 5.32 Å². The first-order chi connectivity index (χ1) is 9.02. The van der Waals surface area contributed by atoms with Crippen LogP contribution in [0.3, 0.4) is 0 Å². The van der Waals surface area contributed by atoms with E-state index >= 15 is 0 Å². The van der Waals surface area contributed by atoms with Gasteiger partial charge in [-0.2, -0.15) is 0 Å². The van der Waals surface area contributed by atoms with E-state index in [-0.39, 0.29) is 0 Å². The van der Waals surface area contributed by atoms with E-state index < -0.39 is 9.84 Å². The molecule has 112 valence electrons. The van der Waals surface area contributed by atoms with Crippen LogP contribution in [0.25, 0.3) is 0 Å². The van der Waals surface area contributed by atoms with Crippen molar-refractivity contribution in [3.05, 3.63) is 0 Å². The van der Waals surface area contributed by atoms with Crippen LogP contribution in [-0.2, 0) is 9.84 Å². The first-order valence-electron chi connectivity index (χ1n) is 7.95. The Labute approximate surface area is 118 Å². The second-order valence-electron chi connectivity index (χ2n) is 6.67. The highest BCUT2D eigenvalue weighted by molar-refractivity contribution is 7.91. The van der Waals surface area contributed by atoms with E-state index in [1.165, 1.54) is 25.7 Å². The minimum absolute atomic E-state index is 0.354. The summed E-state index contributed by atoms with van der Waals surface area (Å²) < 4.78 is 23.5. The molecule has 0 aromatic heterocycles. The van der Waals surface area contributed by atoms with Crippen molar-refractivity contribution in [2.24, 2.45) is 17.8 Å². The smallest absolute Gasteiger partial charge is 0.150 e. The molecule has 4 unspecified atom stereocenters. The quantitative estimate of drug-likeness (QED) is 0.845. The molecule has 1 N–H and O–H groups in total. The second kappa shape index (κ2) is 6.57. The van der Waals surface area contributed by atoms with Gasteiger partial charge in [-0.1, -0.05) is 26.7 Å². The third-order valence-corrected chi connectivity index (χ3v) is 6.68. The normalized spacial score (nSPS) is 36.2. The molecular weight excluding hydrogens is 258 g/mol. The molecule has 2 fully saturated rings. The highest BCUT2D eigenvalue weighted by Crippen LogP contribution is 2.36. The zero-order valence-electron chi connectivity index (χ0n) is 12.4. The summed E-state index contributed by atoms with van der Waals surface area (Å²) >= 11 is 0. The van der Waals surface area contributed by atoms with Crippen molar-refractivity contribution >= 4 is 9.84 Å². The Balaban J connectivity index is 2.02. The van der Waals surface area contributed by atoms with E-state index in [1.807, 2.05) is 0 Å². The molecule has 3 nitrogen and oxygen atoms in total. The van der Waals surface area contributed by atoms with Crippen molar-refractivity contribution < 1.29 is 8.42 Å². The van der Waals surface area contributed by atoms with E-state index in [4.69, 9.17) is 0 Å². The van der Waals surface area contributed by atoms with Gasteiger partial charge in [-0.15, -0.1) is 0 Å². The van der Waals surface area contributed by atoms with Gasteiger partial charge in [0, 0.05) is 6.04 Å². The van der Waals surface area contributed by atoms with Gasteiger partial charge in [0.05, 0.1) is 11.5 Å². The van der Waals surface area contributed by atoms with Crippen LogP contribution in [0.1, 0.15) is 52.4 Å². The predicted octanol–water partition coefficient (Wildman–Crippen LogP) is 2.62. The summed E-state index contributed by atoms with van der Waals surface area (Å²) in [6, 6.07) is 0.431. The SMILES string of the molecule is CCCNC(C1CCCC(C)C1)C1CCS(=O)(=O)C1. The van der Waals surface area contributed by atoms with Crippen molar-refractivity contribution in [3.63, 3.8) is 0 Å². The Morgan fingerprint density at radius 3 is 2.58 bits per heavy atom. The average molecular weight is 287 g/mol. The van der Waals surface area contributed by atoms with Crippen LogP contribution < -0.4 is 5.32 Å². The first-order valence-corrected chi connectivity index (χ1v) is 9.77. The fraction of sp³-hybridized carbons (Fsp3) is 1.00. The molecule has 0 bridgehead atoms. The standard InChI is InChI=1S/C15H29NO2S/c1-3-8-16-15(13-6-4-5-12(2)10-13)14-7-9-19(17,18)11-14/h12-16H,3-11H2,1-2H3. The minimum atomic E-state index is -2.76. The van der Waals surface area contributed by atoms with Crippen molar-refractivity contribution in [2.75, 3.05) is 18.1 Å². The number of hydrogen-bond donors (Lipinski definition) is 1. The average Bonchev–Trinajstić information content (AvgIpc) is 2.70. The van der Waals surface area contributed by atoms with Crippen LogP contribution in [0.2, 0.25) is 0 Å². The van der Waals surface area contributed by atoms with Gasteiger partial charge >= 0.3 is 0 Å². The predicted molar refractivity (Wildman–Crippen MR) is 80.0 cm³/mol. The first kappa shape index (κ1) is 15.3. The van der Waals surface area contributed by atoms with Gasteiger partial charge in [-0.3, -0.25) is 0 Å². The summed E-state index contributed by atoms with van der Waals surface area (Å²) in [6.45, 7) is 5.54. The van der Waals surface area contributed by atoms with Gasteiger partial charge in [-0.05, 0) is 50.0 Å². The molecule has 19 heavy (non-hydrogen) atoms. The summed E-state index contributed by atoms with van der Waals surface area (Å²) in [4.78, 5) is 0. The van der Waals surface area contributed by atoms with Crippen LogP contribution in [0.4, 0.5) is 0 Å². The van der Waals surface area contributed by atoms with Gasteiger partial charge < -0.3 is 5.32 Å². The summed E-state index contributed by atoms with van der Waals surface area (Å²) in [7, 11) is -2.76. The number of nitrogens with one attached hydrogen (secondary N) is 1. The molecule has 2 rings (SSSR count). The maximum atomic E-state index is 11.7. The lowest BCUT2D eigenvalue weighted by Crippen LogP contribution is -2.44. The molecule has 0 aromatic carbocycles. The molecule has 4 atom stereocenters. The highest BCUT2D eigenvalue weighted by Gasteiger charge is 2.38. The molecule has 0 aromatic rings. The van der Waals surface area contributed by atoms with Crippen LogP contribution >= 0.6 is 0 Å². The fourth-order valence-corrected chi connectivity index (χ4v) is 5.80. The maximum absolute atomic E-state index is 11.7. The molecule has 1 aliphatic carbocycles. The Morgan fingerprint density at radius 1 is 1.21 bits per heavy atom. The van der Waals surface area contributed by atoms with Crippen LogP contribution in [0, 0.1) is 17.8 Å². The summed E-state index contributed by atoms with van der Waals surface area (Å²) in [6.07, 6.45) is 7.21. The number of sulfone groups is 1. The zero-order chi connectivity index (χ0) is 13.9. The molecule has 2 aliphatic rings. The van der Waals surface area contributed by atoms with E-state index in [0.717, 1.165) is 25.3 Å². The van der Waals surface area contributed by atoms with E-state index in [2.05, 4.69) is 19.2 Å². The Bertz CT molecular complexity index is 380. The molecule has 0 radical (unpaired) electrons. The summed E-state index contributed by atoms with van der Waals surface area (Å²) in [5, 5.41) is 3.67. The lowest BCUT2D eigenvalue weighted by Gasteiger charge is -2.37. The third-order valence-electron chi connectivity index (χ3n) is 4.89. The van der Waals surface area contributed by atoms with Gasteiger partial charge in [0.2, 0.25) is 0 Å². The molecule has 1 saturated heterocycles. The van der Waals surface area contributed by atoms with Crippen LogP contribution in [-0.4, -0.2) is 32.5 Å². The third kappa shape index (κ3) is 4.19. The zero-order valence-corrected chi connectivity index (χ0v) is 13.2. The van der Waals surface area contributed by atoms with Crippen molar-refractivity contribution in [1.29, 1.82) is 0 Å². The fourth-order valence-electron chi connectivity index (χ4n) is 3.94. The van der Waals surface area contributed by atoms with Crippen LogP contribution in [0.5, 0.6) is 0 Å². The maximum Gasteiger partial charge on any atom is 0.150 e. The lowest BCUT2D eigenvalue weighted by molar-refractivity contribution is 0.185. The topological polar surface area (TPSA) is 46.2 Å². The van der Waals surface area contributed by atoms with E-state index in [9.17, 15) is 8.42 Å².